The van der Waals surface area contributed by atoms with Crippen LogP contribution < -0.4 is 16.4 Å². The van der Waals surface area contributed by atoms with Crippen molar-refractivity contribution in [2.75, 3.05) is 5.73 Å². The number of carbonyl (C=O) groups is 2. The van der Waals surface area contributed by atoms with E-state index in [0.717, 1.165) is 16.7 Å². The Hall–Kier alpha value is -3.27. The summed E-state index contributed by atoms with van der Waals surface area (Å²) in [6.45, 7) is 0. The first-order valence-electron chi connectivity index (χ1n) is 6.15. The third-order valence-electron chi connectivity index (χ3n) is 3.00. The van der Waals surface area contributed by atoms with Gasteiger partial charge in [0.25, 0.3) is 5.91 Å². The van der Waals surface area contributed by atoms with Crippen LogP contribution in [0.25, 0.3) is 11.1 Å². The van der Waals surface area contributed by atoms with Gasteiger partial charge in [0.2, 0.25) is 0 Å². The number of nitrogens with two attached hydrogens (primary N) is 1. The van der Waals surface area contributed by atoms with E-state index in [1.54, 1.807) is 6.20 Å². The highest BCUT2D eigenvalue weighted by Crippen LogP contribution is 2.23. The predicted molar refractivity (Wildman–Crippen MR) is 75.8 cm³/mol. The number of amides is 3. The highest BCUT2D eigenvalue weighted by atomic mass is 16.2. The van der Waals surface area contributed by atoms with Crippen LogP contribution in [0.1, 0.15) is 5.56 Å². The van der Waals surface area contributed by atoms with Gasteiger partial charge in [-0.2, -0.15) is 5.10 Å². The zero-order valence-electron chi connectivity index (χ0n) is 10.8. The van der Waals surface area contributed by atoms with Gasteiger partial charge in [-0.15, -0.1) is 0 Å². The maximum Gasteiger partial charge on any atom is 0.322 e. The number of carbonyl (C=O) groups excluding carboxylic acids is 2. The standard InChI is InChI=1S/C14H11N5O2/c15-12-10(7-16-19-12)9-4-1-8(2-5-9)3-6-11-13(20)18-14(21)17-11/h1-2,4-5,7,11H,(H3,15,16,19)(H2,17,18,20,21). The van der Waals surface area contributed by atoms with Crippen LogP contribution >= 0.6 is 0 Å². The molecule has 1 aromatic heterocycles. The average Bonchev–Trinajstić information content (AvgIpc) is 3.03. The van der Waals surface area contributed by atoms with Gasteiger partial charge in [0.05, 0.1) is 6.20 Å². The largest absolute Gasteiger partial charge is 0.384 e. The van der Waals surface area contributed by atoms with Crippen molar-refractivity contribution in [2.24, 2.45) is 0 Å². The molecule has 1 unspecified atom stereocenters. The molecule has 2 aromatic rings. The second-order valence-electron chi connectivity index (χ2n) is 4.44. The molecule has 5 N–H and O–H groups in total. The minimum Gasteiger partial charge on any atom is -0.384 e. The number of aromatic nitrogens is 2. The molecular formula is C14H11N5O2. The van der Waals surface area contributed by atoms with Gasteiger partial charge in [-0.05, 0) is 17.7 Å². The van der Waals surface area contributed by atoms with Crippen molar-refractivity contribution in [3.8, 4) is 23.0 Å². The molecule has 3 amide bonds. The molecule has 104 valence electrons. The molecule has 7 heteroatoms. The van der Waals surface area contributed by atoms with E-state index >= 15 is 0 Å². The fourth-order valence-electron chi connectivity index (χ4n) is 1.93. The number of imide groups is 1. The molecule has 1 atom stereocenters. The maximum absolute atomic E-state index is 11.3. The van der Waals surface area contributed by atoms with Crippen LogP contribution in [0.4, 0.5) is 10.6 Å². The Kier molecular flexibility index (Phi) is 3.04. The summed E-state index contributed by atoms with van der Waals surface area (Å²) in [5, 5.41) is 11.1. The molecular weight excluding hydrogens is 270 g/mol. The van der Waals surface area contributed by atoms with Gasteiger partial charge >= 0.3 is 6.03 Å². The topological polar surface area (TPSA) is 113 Å². The lowest BCUT2D eigenvalue weighted by Gasteiger charge is -1.99. The van der Waals surface area contributed by atoms with Crippen LogP contribution in [0, 0.1) is 11.8 Å². The summed E-state index contributed by atoms with van der Waals surface area (Å²) in [6.07, 6.45) is 1.65. The van der Waals surface area contributed by atoms with Gasteiger partial charge in [0.15, 0.2) is 6.04 Å². The van der Waals surface area contributed by atoms with Crippen LogP contribution in [0.3, 0.4) is 0 Å². The number of H-pyrrole nitrogens is 1. The first-order valence-corrected chi connectivity index (χ1v) is 6.15. The molecule has 1 aromatic carbocycles. The zero-order chi connectivity index (χ0) is 14.8. The van der Waals surface area contributed by atoms with E-state index in [1.807, 2.05) is 24.3 Å². The molecule has 3 rings (SSSR count). The average molecular weight is 281 g/mol. The summed E-state index contributed by atoms with van der Waals surface area (Å²) in [4.78, 5) is 22.3. The molecule has 1 saturated heterocycles. The van der Waals surface area contributed by atoms with E-state index in [1.165, 1.54) is 0 Å². The summed E-state index contributed by atoms with van der Waals surface area (Å²) >= 11 is 0. The minimum atomic E-state index is -0.804. The fraction of sp³-hybridized carbons (Fsp3) is 0.0714. The third-order valence-corrected chi connectivity index (χ3v) is 3.00. The second-order valence-corrected chi connectivity index (χ2v) is 4.44. The summed E-state index contributed by atoms with van der Waals surface area (Å²) in [5.74, 6) is 5.62. The lowest BCUT2D eigenvalue weighted by Crippen LogP contribution is -2.26. The number of rotatable bonds is 1. The number of nitrogens with one attached hydrogen (secondary N) is 3. The van der Waals surface area contributed by atoms with Crippen molar-refractivity contribution < 1.29 is 9.59 Å². The number of aromatic amines is 1. The van der Waals surface area contributed by atoms with Crippen molar-refractivity contribution in [1.29, 1.82) is 0 Å². The number of benzene rings is 1. The highest BCUT2D eigenvalue weighted by Gasteiger charge is 2.27. The molecule has 0 bridgehead atoms. The van der Waals surface area contributed by atoms with E-state index in [-0.39, 0.29) is 0 Å². The Bertz CT molecular complexity index is 767. The van der Waals surface area contributed by atoms with Crippen LogP contribution in [-0.2, 0) is 4.79 Å². The molecule has 0 saturated carbocycles. The van der Waals surface area contributed by atoms with Crippen molar-refractivity contribution in [2.45, 2.75) is 6.04 Å². The number of urea groups is 1. The monoisotopic (exact) mass is 281 g/mol. The molecule has 0 radical (unpaired) electrons. The Morgan fingerprint density at radius 3 is 2.52 bits per heavy atom. The van der Waals surface area contributed by atoms with Gasteiger partial charge in [-0.3, -0.25) is 15.2 Å². The Morgan fingerprint density at radius 2 is 1.95 bits per heavy atom. The van der Waals surface area contributed by atoms with Gasteiger partial charge in [-0.25, -0.2) is 4.79 Å². The van der Waals surface area contributed by atoms with Crippen molar-refractivity contribution in [3.05, 3.63) is 36.0 Å². The van der Waals surface area contributed by atoms with Crippen molar-refractivity contribution in [1.82, 2.24) is 20.8 Å². The van der Waals surface area contributed by atoms with Crippen LogP contribution in [0.5, 0.6) is 0 Å². The lowest BCUT2D eigenvalue weighted by atomic mass is 10.1. The summed E-state index contributed by atoms with van der Waals surface area (Å²) in [6, 6.07) is 6.01. The van der Waals surface area contributed by atoms with Gasteiger partial charge in [-0.1, -0.05) is 24.0 Å². The molecule has 0 spiro atoms. The van der Waals surface area contributed by atoms with Crippen LogP contribution in [0.15, 0.2) is 30.5 Å². The number of hydrogen-bond acceptors (Lipinski definition) is 4. The molecule has 7 nitrogen and oxygen atoms in total. The molecule has 21 heavy (non-hydrogen) atoms. The molecule has 1 fully saturated rings. The third kappa shape index (κ3) is 2.55. The molecule has 1 aliphatic heterocycles. The fourth-order valence-corrected chi connectivity index (χ4v) is 1.93. The lowest BCUT2D eigenvalue weighted by molar-refractivity contribution is -0.119. The summed E-state index contributed by atoms with van der Waals surface area (Å²) in [7, 11) is 0. The Balaban J connectivity index is 1.78. The van der Waals surface area contributed by atoms with Crippen LogP contribution in [0.2, 0.25) is 0 Å². The van der Waals surface area contributed by atoms with E-state index < -0.39 is 18.0 Å². The molecule has 2 heterocycles. The predicted octanol–water partition coefficient (Wildman–Crippen LogP) is 0.218. The second kappa shape index (κ2) is 5.02. The first kappa shape index (κ1) is 12.7. The number of anilines is 1. The van der Waals surface area contributed by atoms with E-state index in [0.29, 0.717) is 5.82 Å². The maximum atomic E-state index is 11.3. The quantitative estimate of drug-likeness (QED) is 0.442. The number of hydrogen-bond donors (Lipinski definition) is 4. The van der Waals surface area contributed by atoms with Crippen molar-refractivity contribution in [3.63, 3.8) is 0 Å². The van der Waals surface area contributed by atoms with Crippen LogP contribution in [-0.4, -0.2) is 28.2 Å². The highest BCUT2D eigenvalue weighted by molar-refractivity contribution is 6.05. The smallest absolute Gasteiger partial charge is 0.322 e. The Labute approximate surface area is 119 Å². The van der Waals surface area contributed by atoms with Gasteiger partial charge < -0.3 is 11.1 Å². The van der Waals surface area contributed by atoms with E-state index in [9.17, 15) is 9.59 Å². The zero-order valence-corrected chi connectivity index (χ0v) is 10.8. The van der Waals surface area contributed by atoms with E-state index in [4.69, 9.17) is 5.73 Å². The SMILES string of the molecule is Nc1[nH]ncc1-c1ccc(C#CC2NC(=O)NC2=O)cc1. The van der Waals surface area contributed by atoms with Crippen molar-refractivity contribution >= 4 is 17.8 Å². The summed E-state index contributed by atoms with van der Waals surface area (Å²) in [5.41, 5.74) is 8.21. The first-order chi connectivity index (χ1) is 10.1. The normalized spacial score (nSPS) is 16.9. The van der Waals surface area contributed by atoms with Gasteiger partial charge in [0.1, 0.15) is 5.82 Å². The molecule has 1 aliphatic rings. The molecule has 0 aliphatic carbocycles. The number of nitrogen functional groups attached to an aromatic ring is 1. The van der Waals surface area contributed by atoms with E-state index in [2.05, 4.69) is 32.7 Å². The minimum absolute atomic E-state index is 0.435. The van der Waals surface area contributed by atoms with Gasteiger partial charge in [0, 0.05) is 11.1 Å². The Morgan fingerprint density at radius 1 is 1.19 bits per heavy atom. The number of nitrogens with zero attached hydrogens (tertiary/aromatic N) is 1. The summed E-state index contributed by atoms with van der Waals surface area (Å²) < 4.78 is 0.